The molecule has 0 amide bonds. The zero-order valence-corrected chi connectivity index (χ0v) is 12.5. The van der Waals surface area contributed by atoms with Crippen molar-refractivity contribution in [3.8, 4) is 6.07 Å². The van der Waals surface area contributed by atoms with Crippen LogP contribution in [0.15, 0.2) is 0 Å². The number of hydrogen-bond donors (Lipinski definition) is 1. The molecule has 0 bridgehead atoms. The summed E-state index contributed by atoms with van der Waals surface area (Å²) in [5.41, 5.74) is -0.152. The van der Waals surface area contributed by atoms with E-state index in [4.69, 9.17) is 5.26 Å². The summed E-state index contributed by atoms with van der Waals surface area (Å²) in [6.45, 7) is 8.66. The van der Waals surface area contributed by atoms with Crippen LogP contribution < -0.4 is 5.32 Å². The molecule has 0 saturated heterocycles. The highest BCUT2D eigenvalue weighted by Gasteiger charge is 2.18. The molecule has 0 heterocycles. The van der Waals surface area contributed by atoms with Crippen molar-refractivity contribution >= 4 is 0 Å². The summed E-state index contributed by atoms with van der Waals surface area (Å²) in [5, 5.41) is 12.5. The second-order valence-corrected chi connectivity index (χ2v) is 6.78. The summed E-state index contributed by atoms with van der Waals surface area (Å²) in [4.78, 5) is 0. The van der Waals surface area contributed by atoms with Gasteiger partial charge in [0.25, 0.3) is 0 Å². The van der Waals surface area contributed by atoms with Crippen molar-refractivity contribution in [3.63, 3.8) is 0 Å². The molecular weight excluding hydrogens is 220 g/mol. The second-order valence-electron chi connectivity index (χ2n) is 6.78. The molecule has 2 heteroatoms. The minimum atomic E-state index is -0.152. The molecule has 1 N–H and O–H groups in total. The maximum Gasteiger partial charge on any atom is 0.0683 e. The average Bonchev–Trinajstić information content (AvgIpc) is 2.34. The fraction of sp³-hybridized carbons (Fsp3) is 0.938. The first-order valence-electron chi connectivity index (χ1n) is 7.65. The Morgan fingerprint density at radius 3 is 2.72 bits per heavy atom. The van der Waals surface area contributed by atoms with E-state index in [2.05, 4.69) is 18.3 Å². The van der Waals surface area contributed by atoms with Crippen LogP contribution in [-0.2, 0) is 0 Å². The minimum Gasteiger partial charge on any atom is -0.317 e. The average molecular weight is 250 g/mol. The van der Waals surface area contributed by atoms with E-state index >= 15 is 0 Å². The third-order valence-corrected chi connectivity index (χ3v) is 4.23. The van der Waals surface area contributed by atoms with Gasteiger partial charge in [-0.1, -0.05) is 26.2 Å². The molecule has 1 aliphatic rings. The highest BCUT2D eigenvalue weighted by molar-refractivity contribution is 4.91. The van der Waals surface area contributed by atoms with E-state index in [1.54, 1.807) is 0 Å². The van der Waals surface area contributed by atoms with Crippen molar-refractivity contribution in [3.05, 3.63) is 0 Å². The number of hydrogen-bond acceptors (Lipinski definition) is 2. The molecule has 2 atom stereocenters. The zero-order valence-electron chi connectivity index (χ0n) is 12.5. The lowest BCUT2D eigenvalue weighted by atomic mass is 9.81. The minimum absolute atomic E-state index is 0.152. The van der Waals surface area contributed by atoms with Crippen LogP contribution >= 0.6 is 0 Å². The summed E-state index contributed by atoms with van der Waals surface area (Å²) in [7, 11) is 0. The molecule has 0 aliphatic heterocycles. The Balaban J connectivity index is 1.97. The van der Waals surface area contributed by atoms with Gasteiger partial charge >= 0.3 is 0 Å². The molecule has 0 aromatic rings. The third kappa shape index (κ3) is 6.40. The van der Waals surface area contributed by atoms with Crippen LogP contribution in [0.4, 0.5) is 0 Å². The smallest absolute Gasteiger partial charge is 0.0683 e. The maximum absolute atomic E-state index is 8.92. The molecule has 1 aliphatic carbocycles. The molecule has 0 aromatic heterocycles. The lowest BCUT2D eigenvalue weighted by Crippen LogP contribution is -2.23. The Morgan fingerprint density at radius 2 is 2.06 bits per heavy atom. The molecule has 0 spiro atoms. The quantitative estimate of drug-likeness (QED) is 0.690. The van der Waals surface area contributed by atoms with Gasteiger partial charge in [-0.2, -0.15) is 5.26 Å². The first kappa shape index (κ1) is 15.5. The van der Waals surface area contributed by atoms with Crippen LogP contribution in [0.25, 0.3) is 0 Å². The molecule has 1 saturated carbocycles. The van der Waals surface area contributed by atoms with E-state index in [1.165, 1.54) is 32.1 Å². The van der Waals surface area contributed by atoms with Gasteiger partial charge in [0.05, 0.1) is 11.5 Å². The molecule has 18 heavy (non-hydrogen) atoms. The molecule has 0 aromatic carbocycles. The molecular formula is C16H30N2. The van der Waals surface area contributed by atoms with Crippen molar-refractivity contribution in [2.45, 2.75) is 65.7 Å². The van der Waals surface area contributed by atoms with Gasteiger partial charge in [-0.15, -0.1) is 0 Å². The van der Waals surface area contributed by atoms with Gasteiger partial charge in [0, 0.05) is 0 Å². The van der Waals surface area contributed by atoms with Gasteiger partial charge in [0.2, 0.25) is 0 Å². The normalized spacial score (nSPS) is 24.8. The largest absolute Gasteiger partial charge is 0.317 e. The van der Waals surface area contributed by atoms with Gasteiger partial charge < -0.3 is 5.32 Å². The van der Waals surface area contributed by atoms with Crippen LogP contribution in [-0.4, -0.2) is 13.1 Å². The van der Waals surface area contributed by atoms with Crippen molar-refractivity contribution in [2.24, 2.45) is 17.3 Å². The Kier molecular flexibility index (Phi) is 6.71. The van der Waals surface area contributed by atoms with Gasteiger partial charge in [-0.05, 0) is 64.5 Å². The SMILES string of the molecule is CC1CCCC(CCNCCCC(C)(C)C#N)C1. The summed E-state index contributed by atoms with van der Waals surface area (Å²) >= 11 is 0. The topological polar surface area (TPSA) is 35.8 Å². The zero-order chi connectivity index (χ0) is 13.4. The summed E-state index contributed by atoms with van der Waals surface area (Å²) in [6, 6.07) is 2.36. The standard InChI is InChI=1S/C16H30N2/c1-14-6-4-7-15(12-14)8-11-18-10-5-9-16(2,3)13-17/h14-15,18H,4-12H2,1-3H3. The van der Waals surface area contributed by atoms with E-state index in [1.807, 2.05) is 13.8 Å². The Bertz CT molecular complexity index is 265. The predicted octanol–water partition coefficient (Wildman–Crippen LogP) is 4.12. The van der Waals surface area contributed by atoms with Crippen molar-refractivity contribution in [1.29, 1.82) is 5.26 Å². The molecule has 2 unspecified atom stereocenters. The second kappa shape index (κ2) is 7.79. The molecule has 1 fully saturated rings. The lowest BCUT2D eigenvalue weighted by Gasteiger charge is -2.26. The van der Waals surface area contributed by atoms with Crippen molar-refractivity contribution < 1.29 is 0 Å². The Labute approximate surface area is 113 Å². The van der Waals surface area contributed by atoms with Gasteiger partial charge in [-0.25, -0.2) is 0 Å². The first-order chi connectivity index (χ1) is 8.53. The number of nitriles is 1. The molecule has 104 valence electrons. The fourth-order valence-electron chi connectivity index (χ4n) is 2.96. The van der Waals surface area contributed by atoms with Crippen LogP contribution in [0.5, 0.6) is 0 Å². The van der Waals surface area contributed by atoms with Crippen LogP contribution in [0.3, 0.4) is 0 Å². The summed E-state index contributed by atoms with van der Waals surface area (Å²) < 4.78 is 0. The fourth-order valence-corrected chi connectivity index (χ4v) is 2.96. The maximum atomic E-state index is 8.92. The van der Waals surface area contributed by atoms with Crippen molar-refractivity contribution in [2.75, 3.05) is 13.1 Å². The highest BCUT2D eigenvalue weighted by Crippen LogP contribution is 2.30. The van der Waals surface area contributed by atoms with E-state index in [0.717, 1.165) is 37.8 Å². The molecule has 2 nitrogen and oxygen atoms in total. The van der Waals surface area contributed by atoms with Crippen LogP contribution in [0, 0.1) is 28.6 Å². The van der Waals surface area contributed by atoms with Gasteiger partial charge in [0.1, 0.15) is 0 Å². The van der Waals surface area contributed by atoms with E-state index < -0.39 is 0 Å². The predicted molar refractivity (Wildman–Crippen MR) is 77.2 cm³/mol. The number of nitrogens with one attached hydrogen (secondary N) is 1. The van der Waals surface area contributed by atoms with Gasteiger partial charge in [-0.3, -0.25) is 0 Å². The molecule has 1 rings (SSSR count). The number of rotatable bonds is 7. The monoisotopic (exact) mass is 250 g/mol. The Hall–Kier alpha value is -0.550. The highest BCUT2D eigenvalue weighted by atomic mass is 14.8. The van der Waals surface area contributed by atoms with Crippen LogP contribution in [0.1, 0.15) is 65.7 Å². The first-order valence-corrected chi connectivity index (χ1v) is 7.65. The number of nitrogens with zero attached hydrogens (tertiary/aromatic N) is 1. The van der Waals surface area contributed by atoms with E-state index in [9.17, 15) is 0 Å². The van der Waals surface area contributed by atoms with E-state index in [-0.39, 0.29) is 5.41 Å². The molecule has 0 radical (unpaired) electrons. The summed E-state index contributed by atoms with van der Waals surface area (Å²) in [5.74, 6) is 1.90. The lowest BCUT2D eigenvalue weighted by molar-refractivity contribution is 0.267. The third-order valence-electron chi connectivity index (χ3n) is 4.23. The van der Waals surface area contributed by atoms with Crippen LogP contribution in [0.2, 0.25) is 0 Å². The van der Waals surface area contributed by atoms with E-state index in [0.29, 0.717) is 0 Å². The Morgan fingerprint density at radius 1 is 1.28 bits per heavy atom. The summed E-state index contributed by atoms with van der Waals surface area (Å²) in [6.07, 6.45) is 9.19. The van der Waals surface area contributed by atoms with Crippen molar-refractivity contribution in [1.82, 2.24) is 5.32 Å². The van der Waals surface area contributed by atoms with Gasteiger partial charge in [0.15, 0.2) is 0 Å².